The van der Waals surface area contributed by atoms with E-state index in [9.17, 15) is 13.2 Å². The van der Waals surface area contributed by atoms with E-state index in [1.54, 1.807) is 30.1 Å². The molecule has 0 radical (unpaired) electrons. The molecule has 8 heteroatoms. The Kier molecular flexibility index (Phi) is 4.16. The molecule has 1 fully saturated rings. The number of sulfonamides is 1. The molecule has 0 unspecified atom stereocenters. The van der Waals surface area contributed by atoms with Gasteiger partial charge < -0.3 is 0 Å². The van der Waals surface area contributed by atoms with Crippen LogP contribution >= 0.6 is 0 Å². The second-order valence-corrected chi connectivity index (χ2v) is 7.31. The standard InChI is InChI=1S/C15H18N4O3S/c1-19-10-12(14(17-19)11-6-2-3-7-11)15(20)18-23(21,22)13-8-4-5-9-16-13/h4-5,8-11H,2-3,6-7H2,1H3,(H,18,20). The summed E-state index contributed by atoms with van der Waals surface area (Å²) in [6.07, 6.45) is 7.10. The number of carbonyl (C=O) groups excluding carboxylic acids is 1. The van der Waals surface area contributed by atoms with E-state index in [4.69, 9.17) is 0 Å². The lowest BCUT2D eigenvalue weighted by Gasteiger charge is -2.09. The van der Waals surface area contributed by atoms with Crippen LogP contribution < -0.4 is 4.72 Å². The second-order valence-electron chi connectivity index (χ2n) is 5.69. The summed E-state index contributed by atoms with van der Waals surface area (Å²) < 4.78 is 28.1. The highest BCUT2D eigenvalue weighted by atomic mass is 32.2. The summed E-state index contributed by atoms with van der Waals surface area (Å²) >= 11 is 0. The van der Waals surface area contributed by atoms with Gasteiger partial charge in [0.15, 0.2) is 5.03 Å². The van der Waals surface area contributed by atoms with Gasteiger partial charge in [-0.1, -0.05) is 18.9 Å². The molecule has 1 saturated carbocycles. The number of nitrogens with one attached hydrogen (secondary N) is 1. The molecule has 1 N–H and O–H groups in total. The summed E-state index contributed by atoms with van der Waals surface area (Å²) in [7, 11) is -2.26. The van der Waals surface area contributed by atoms with Crippen LogP contribution in [0.5, 0.6) is 0 Å². The summed E-state index contributed by atoms with van der Waals surface area (Å²) in [5, 5.41) is 4.18. The number of nitrogens with zero attached hydrogens (tertiary/aromatic N) is 3. The van der Waals surface area contributed by atoms with Crippen molar-refractivity contribution in [2.45, 2.75) is 36.6 Å². The number of hydrogen-bond acceptors (Lipinski definition) is 5. The maximum atomic E-state index is 12.5. The maximum absolute atomic E-state index is 12.5. The largest absolute Gasteiger partial charge is 0.281 e. The summed E-state index contributed by atoms with van der Waals surface area (Å²) in [5.74, 6) is -0.444. The molecule has 23 heavy (non-hydrogen) atoms. The lowest BCUT2D eigenvalue weighted by atomic mass is 10.0. The monoisotopic (exact) mass is 334 g/mol. The first-order valence-electron chi connectivity index (χ1n) is 7.49. The number of hydrogen-bond donors (Lipinski definition) is 1. The summed E-state index contributed by atoms with van der Waals surface area (Å²) in [6, 6.07) is 4.51. The smallest absolute Gasteiger partial charge is 0.275 e. The molecular formula is C15H18N4O3S. The van der Waals surface area contributed by atoms with Gasteiger partial charge in [-0.05, 0) is 25.0 Å². The fourth-order valence-electron chi connectivity index (χ4n) is 2.92. The van der Waals surface area contributed by atoms with Crippen molar-refractivity contribution in [1.29, 1.82) is 0 Å². The number of rotatable bonds is 4. The molecule has 122 valence electrons. The van der Waals surface area contributed by atoms with E-state index in [0.29, 0.717) is 11.3 Å². The van der Waals surface area contributed by atoms with Crippen molar-refractivity contribution < 1.29 is 13.2 Å². The van der Waals surface area contributed by atoms with Gasteiger partial charge in [-0.3, -0.25) is 9.48 Å². The van der Waals surface area contributed by atoms with Crippen LogP contribution in [0.25, 0.3) is 0 Å². The Bertz CT molecular complexity index is 809. The fraction of sp³-hybridized carbons (Fsp3) is 0.400. The second kappa shape index (κ2) is 6.11. The number of carbonyl (C=O) groups is 1. The highest BCUT2D eigenvalue weighted by Crippen LogP contribution is 2.34. The highest BCUT2D eigenvalue weighted by molar-refractivity contribution is 7.90. The lowest BCUT2D eigenvalue weighted by molar-refractivity contribution is 0.0980. The molecule has 0 saturated heterocycles. The van der Waals surface area contributed by atoms with Crippen LogP contribution in [-0.2, 0) is 17.1 Å². The number of amides is 1. The first-order valence-corrected chi connectivity index (χ1v) is 8.97. The first-order chi connectivity index (χ1) is 11.0. The maximum Gasteiger partial charge on any atom is 0.281 e. The summed E-state index contributed by atoms with van der Waals surface area (Å²) in [4.78, 5) is 16.2. The molecule has 1 aliphatic carbocycles. The van der Waals surface area contributed by atoms with E-state index in [1.165, 1.54) is 12.3 Å². The number of aromatic nitrogens is 3. The first kappa shape index (κ1) is 15.7. The normalized spacial score (nSPS) is 15.7. The van der Waals surface area contributed by atoms with Crippen LogP contribution in [0.4, 0.5) is 0 Å². The summed E-state index contributed by atoms with van der Waals surface area (Å²) in [6.45, 7) is 0. The predicted octanol–water partition coefficient (Wildman–Crippen LogP) is 1.59. The molecule has 2 aromatic rings. The zero-order valence-corrected chi connectivity index (χ0v) is 13.6. The van der Waals surface area contributed by atoms with Gasteiger partial charge in [-0.2, -0.15) is 13.5 Å². The number of aryl methyl sites for hydroxylation is 1. The van der Waals surface area contributed by atoms with Crippen LogP contribution in [0, 0.1) is 0 Å². The molecule has 1 aliphatic rings. The quantitative estimate of drug-likeness (QED) is 0.916. The lowest BCUT2D eigenvalue weighted by Crippen LogP contribution is -2.31. The van der Waals surface area contributed by atoms with Gasteiger partial charge in [-0.25, -0.2) is 9.71 Å². The van der Waals surface area contributed by atoms with E-state index in [1.807, 2.05) is 0 Å². The third-order valence-electron chi connectivity index (χ3n) is 3.98. The predicted molar refractivity (Wildman–Crippen MR) is 83.3 cm³/mol. The Balaban J connectivity index is 1.87. The van der Waals surface area contributed by atoms with Crippen LogP contribution in [0.1, 0.15) is 47.7 Å². The van der Waals surface area contributed by atoms with Crippen LogP contribution in [0.2, 0.25) is 0 Å². The van der Waals surface area contributed by atoms with Gasteiger partial charge in [-0.15, -0.1) is 0 Å². The molecule has 2 heterocycles. The Hall–Kier alpha value is -2.22. The minimum absolute atomic E-state index is 0.181. The van der Waals surface area contributed by atoms with Crippen LogP contribution in [0.15, 0.2) is 35.6 Å². The van der Waals surface area contributed by atoms with E-state index in [-0.39, 0.29) is 10.9 Å². The average Bonchev–Trinajstić information content (AvgIpc) is 3.16. The van der Waals surface area contributed by atoms with E-state index >= 15 is 0 Å². The molecule has 7 nitrogen and oxygen atoms in total. The highest BCUT2D eigenvalue weighted by Gasteiger charge is 2.28. The number of pyridine rings is 1. The molecule has 3 rings (SSSR count). The fourth-order valence-corrected chi connectivity index (χ4v) is 3.83. The zero-order chi connectivity index (χ0) is 16.4. The minimum Gasteiger partial charge on any atom is -0.275 e. The van der Waals surface area contributed by atoms with Crippen molar-refractivity contribution in [3.63, 3.8) is 0 Å². The molecule has 0 aromatic carbocycles. The zero-order valence-electron chi connectivity index (χ0n) is 12.8. The van der Waals surface area contributed by atoms with Gasteiger partial charge in [0.05, 0.1) is 11.3 Å². The molecule has 0 bridgehead atoms. The van der Waals surface area contributed by atoms with Crippen molar-refractivity contribution >= 4 is 15.9 Å². The molecule has 1 amide bonds. The summed E-state index contributed by atoms with van der Waals surface area (Å²) in [5.41, 5.74) is 0.998. The van der Waals surface area contributed by atoms with Gasteiger partial charge in [0.1, 0.15) is 0 Å². The van der Waals surface area contributed by atoms with Crippen molar-refractivity contribution in [3.05, 3.63) is 41.9 Å². The van der Waals surface area contributed by atoms with E-state index in [0.717, 1.165) is 25.7 Å². The van der Waals surface area contributed by atoms with Gasteiger partial charge in [0.25, 0.3) is 15.9 Å². The van der Waals surface area contributed by atoms with E-state index in [2.05, 4.69) is 14.8 Å². The molecule has 2 aromatic heterocycles. The van der Waals surface area contributed by atoms with Gasteiger partial charge >= 0.3 is 0 Å². The Morgan fingerprint density at radius 1 is 1.30 bits per heavy atom. The molecule has 0 atom stereocenters. The van der Waals surface area contributed by atoms with E-state index < -0.39 is 15.9 Å². The third kappa shape index (κ3) is 3.26. The Morgan fingerprint density at radius 3 is 2.70 bits per heavy atom. The molecule has 0 spiro atoms. The van der Waals surface area contributed by atoms with Gasteiger partial charge in [0, 0.05) is 25.4 Å². The molecular weight excluding hydrogens is 316 g/mol. The van der Waals surface area contributed by atoms with Crippen molar-refractivity contribution in [1.82, 2.24) is 19.5 Å². The SMILES string of the molecule is Cn1cc(C(=O)NS(=O)(=O)c2ccccn2)c(C2CCCC2)n1. The van der Waals surface area contributed by atoms with Crippen molar-refractivity contribution in [2.24, 2.45) is 7.05 Å². The molecule has 0 aliphatic heterocycles. The van der Waals surface area contributed by atoms with Crippen LogP contribution in [0.3, 0.4) is 0 Å². The van der Waals surface area contributed by atoms with Crippen molar-refractivity contribution in [2.75, 3.05) is 0 Å². The minimum atomic E-state index is -3.99. The van der Waals surface area contributed by atoms with Crippen molar-refractivity contribution in [3.8, 4) is 0 Å². The average molecular weight is 334 g/mol. The third-order valence-corrected chi connectivity index (χ3v) is 5.23. The van der Waals surface area contributed by atoms with Gasteiger partial charge in [0.2, 0.25) is 0 Å². The van der Waals surface area contributed by atoms with Crippen LogP contribution in [-0.4, -0.2) is 29.1 Å². The topological polar surface area (TPSA) is 94.0 Å². The Labute approximate surface area is 134 Å². The Morgan fingerprint density at radius 2 is 2.04 bits per heavy atom.